The van der Waals surface area contributed by atoms with Crippen molar-refractivity contribution in [2.45, 2.75) is 102 Å². The molecule has 11 aromatic carbocycles. The van der Waals surface area contributed by atoms with E-state index in [4.69, 9.17) is 0 Å². The molecule has 1 spiro atoms. The second kappa shape index (κ2) is 21.1. The van der Waals surface area contributed by atoms with Crippen LogP contribution in [-0.4, -0.2) is 0 Å². The van der Waals surface area contributed by atoms with Crippen LogP contribution in [0, 0.1) is 27.7 Å². The van der Waals surface area contributed by atoms with Gasteiger partial charge in [0, 0.05) is 16.2 Å². The molecule has 0 nitrogen and oxygen atoms in total. The fourth-order valence-electron chi connectivity index (χ4n) is 15.8. The third-order valence-electron chi connectivity index (χ3n) is 19.6. The molecule has 5 aliphatic carbocycles. The molecule has 0 aromatic heterocycles. The van der Waals surface area contributed by atoms with Gasteiger partial charge in [0.2, 0.25) is 0 Å². The predicted octanol–water partition coefficient (Wildman–Crippen LogP) is 21.2. The van der Waals surface area contributed by atoms with Gasteiger partial charge in [-0.15, -0.1) is 0 Å². The molecule has 0 saturated heterocycles. The third-order valence-corrected chi connectivity index (χ3v) is 19.6. The SMILES string of the molecule is Cc1cccc2c1-c1ccccc1C2(C)C.Cc1cccc2c1-c1ccccc1C2(C)c1ccccc1.Cc1cccc2c1-c1ccccc1C2(c1ccccc1)c1ccccc1.Cc1cccc2c1-c1ccccc1C21CCCCC1. The molecular formula is C82H74. The van der Waals surface area contributed by atoms with Crippen LogP contribution >= 0.6 is 0 Å². The number of hydrogen-bond acceptors (Lipinski definition) is 0. The first-order chi connectivity index (χ1) is 40.0. The van der Waals surface area contributed by atoms with Crippen LogP contribution in [0.25, 0.3) is 44.5 Å². The lowest BCUT2D eigenvalue weighted by atomic mass is 9.67. The Morgan fingerprint density at radius 1 is 0.244 bits per heavy atom. The normalized spacial score (nSPS) is 16.8. The van der Waals surface area contributed by atoms with Gasteiger partial charge in [0.05, 0.1) is 5.41 Å². The zero-order valence-electron chi connectivity index (χ0n) is 48.9. The topological polar surface area (TPSA) is 0 Å². The largest absolute Gasteiger partial charge is 0.0713 e. The van der Waals surface area contributed by atoms with Gasteiger partial charge in [0.1, 0.15) is 0 Å². The van der Waals surface area contributed by atoms with Gasteiger partial charge < -0.3 is 0 Å². The van der Waals surface area contributed by atoms with Crippen molar-refractivity contribution in [3.05, 3.63) is 344 Å². The fraction of sp³-hybridized carbons (Fsp3) is 0.195. The summed E-state index contributed by atoms with van der Waals surface area (Å²) < 4.78 is 0. The average Bonchev–Trinajstić information content (AvgIpc) is 2.66. The molecule has 16 rings (SSSR count). The van der Waals surface area contributed by atoms with Crippen molar-refractivity contribution in [3.63, 3.8) is 0 Å². The standard InChI is InChI=1S/C26H20.C21H18.C19H20.C16H16/c1-19-11-10-18-24-25(19)22-16-8-9-17-23(22)26(24,20-12-4-2-5-13-20)21-14-6-3-7-15-21;1-15-9-8-14-19-20(15)17-12-6-7-13-18(17)21(19,2)16-10-4-3-5-11-16;1-14-8-7-11-17-18(14)15-9-3-4-10-16(15)19(17)12-5-2-6-13-19;1-11-7-6-10-14-15(11)12-8-4-5-9-13(12)16(14,2)3/h2-18H,1H3;3-14H,1-2H3;3-4,7-11H,2,5-6,12-13H2,1H3;4-10H,1-3H3. The van der Waals surface area contributed by atoms with E-state index in [1.54, 1.807) is 11.1 Å². The molecule has 0 heterocycles. The molecule has 1 saturated carbocycles. The average molecular weight is 1060 g/mol. The molecule has 1 atom stereocenters. The highest BCUT2D eigenvalue weighted by atomic mass is 14.5. The first-order valence-corrected chi connectivity index (χ1v) is 30.0. The molecule has 0 amide bonds. The molecule has 5 aliphatic rings. The summed E-state index contributed by atoms with van der Waals surface area (Å²) in [5.74, 6) is 0. The van der Waals surface area contributed by atoms with E-state index in [9.17, 15) is 0 Å². The highest BCUT2D eigenvalue weighted by molar-refractivity contribution is 5.89. The van der Waals surface area contributed by atoms with Crippen molar-refractivity contribution < 1.29 is 0 Å². The maximum absolute atomic E-state index is 2.38. The van der Waals surface area contributed by atoms with Gasteiger partial charge in [-0.1, -0.05) is 294 Å². The fourth-order valence-corrected chi connectivity index (χ4v) is 15.8. The smallest absolute Gasteiger partial charge is 0.0622 e. The van der Waals surface area contributed by atoms with Gasteiger partial charge in [-0.2, -0.15) is 0 Å². The number of aryl methyl sites for hydroxylation is 4. The zero-order valence-corrected chi connectivity index (χ0v) is 48.9. The molecule has 0 bridgehead atoms. The van der Waals surface area contributed by atoms with Crippen LogP contribution in [0.1, 0.15) is 136 Å². The molecule has 82 heavy (non-hydrogen) atoms. The minimum absolute atomic E-state index is 0.0563. The van der Waals surface area contributed by atoms with E-state index in [0.717, 1.165) is 0 Å². The molecule has 1 unspecified atom stereocenters. The minimum Gasteiger partial charge on any atom is -0.0622 e. The number of benzene rings is 11. The highest BCUT2D eigenvalue weighted by Crippen LogP contribution is 2.59. The molecule has 0 radical (unpaired) electrons. The lowest BCUT2D eigenvalue weighted by Gasteiger charge is -2.36. The van der Waals surface area contributed by atoms with E-state index in [1.165, 1.54) is 149 Å². The summed E-state index contributed by atoms with van der Waals surface area (Å²) in [4.78, 5) is 0. The van der Waals surface area contributed by atoms with E-state index in [-0.39, 0.29) is 16.2 Å². The molecule has 1 fully saturated rings. The third kappa shape index (κ3) is 8.23. The summed E-state index contributed by atoms with van der Waals surface area (Å²) in [6.45, 7) is 15.9. The summed E-state index contributed by atoms with van der Waals surface area (Å²) in [5.41, 5.74) is 32.8. The van der Waals surface area contributed by atoms with Gasteiger partial charge in [0.25, 0.3) is 0 Å². The lowest BCUT2D eigenvalue weighted by Crippen LogP contribution is -2.28. The Bertz CT molecular complexity index is 4110. The molecule has 402 valence electrons. The molecule has 0 heteroatoms. The Morgan fingerprint density at radius 2 is 0.573 bits per heavy atom. The van der Waals surface area contributed by atoms with Crippen molar-refractivity contribution in [2.24, 2.45) is 0 Å². The van der Waals surface area contributed by atoms with E-state index in [1.807, 2.05) is 0 Å². The Kier molecular flexibility index (Phi) is 13.6. The van der Waals surface area contributed by atoms with Gasteiger partial charge >= 0.3 is 0 Å². The van der Waals surface area contributed by atoms with Crippen LogP contribution in [0.4, 0.5) is 0 Å². The number of hydrogen-bond donors (Lipinski definition) is 0. The van der Waals surface area contributed by atoms with Crippen LogP contribution in [0.5, 0.6) is 0 Å². The van der Waals surface area contributed by atoms with Crippen molar-refractivity contribution >= 4 is 0 Å². The maximum atomic E-state index is 2.38. The molecular weight excluding hydrogens is 985 g/mol. The van der Waals surface area contributed by atoms with Gasteiger partial charge in [-0.05, 0) is 175 Å². The summed E-state index contributed by atoms with van der Waals surface area (Å²) in [6.07, 6.45) is 6.83. The molecule has 0 aliphatic heterocycles. The Balaban J connectivity index is 0.000000104. The van der Waals surface area contributed by atoms with Crippen molar-refractivity contribution in [2.75, 3.05) is 0 Å². The Labute approximate surface area is 488 Å². The van der Waals surface area contributed by atoms with Gasteiger partial charge in [0.15, 0.2) is 0 Å². The quantitative estimate of drug-likeness (QED) is 0.165. The van der Waals surface area contributed by atoms with Crippen LogP contribution in [0.2, 0.25) is 0 Å². The van der Waals surface area contributed by atoms with E-state index in [0.29, 0.717) is 5.41 Å². The van der Waals surface area contributed by atoms with E-state index in [2.05, 4.69) is 309 Å². The van der Waals surface area contributed by atoms with E-state index >= 15 is 0 Å². The molecule has 0 N–H and O–H groups in total. The van der Waals surface area contributed by atoms with E-state index < -0.39 is 0 Å². The van der Waals surface area contributed by atoms with Crippen LogP contribution in [0.15, 0.2) is 261 Å². The number of fused-ring (bicyclic) bond motifs is 14. The summed E-state index contributed by atoms with van der Waals surface area (Å²) in [6, 6.07) is 95.3. The maximum Gasteiger partial charge on any atom is 0.0713 e. The summed E-state index contributed by atoms with van der Waals surface area (Å²) >= 11 is 0. The van der Waals surface area contributed by atoms with Crippen LogP contribution < -0.4 is 0 Å². The first-order valence-electron chi connectivity index (χ1n) is 30.0. The Morgan fingerprint density at radius 3 is 1.10 bits per heavy atom. The highest BCUT2D eigenvalue weighted by Gasteiger charge is 2.47. The van der Waals surface area contributed by atoms with Crippen molar-refractivity contribution in [1.82, 2.24) is 0 Å². The zero-order chi connectivity index (χ0) is 56.2. The van der Waals surface area contributed by atoms with Crippen LogP contribution in [0.3, 0.4) is 0 Å². The summed E-state index contributed by atoms with van der Waals surface area (Å²) in [7, 11) is 0. The summed E-state index contributed by atoms with van der Waals surface area (Å²) in [5, 5.41) is 0. The van der Waals surface area contributed by atoms with Gasteiger partial charge in [-0.25, -0.2) is 0 Å². The lowest BCUT2D eigenvalue weighted by molar-refractivity contribution is 0.353. The molecule has 11 aromatic rings. The number of rotatable bonds is 3. The minimum atomic E-state index is -0.263. The first kappa shape index (κ1) is 52.8. The monoisotopic (exact) mass is 1060 g/mol. The second-order valence-corrected chi connectivity index (χ2v) is 24.4. The second-order valence-electron chi connectivity index (χ2n) is 24.4. The van der Waals surface area contributed by atoms with Crippen LogP contribution in [-0.2, 0) is 21.7 Å². The van der Waals surface area contributed by atoms with Gasteiger partial charge in [-0.3, -0.25) is 0 Å². The van der Waals surface area contributed by atoms with Crippen molar-refractivity contribution in [3.8, 4) is 44.5 Å². The predicted molar refractivity (Wildman–Crippen MR) is 346 cm³/mol. The van der Waals surface area contributed by atoms with Crippen molar-refractivity contribution in [1.29, 1.82) is 0 Å². The Hall–Kier alpha value is -8.58.